The predicted octanol–water partition coefficient (Wildman–Crippen LogP) is 3.45. The summed E-state index contributed by atoms with van der Waals surface area (Å²) in [6.07, 6.45) is 2.68. The number of amides is 1. The normalized spacial score (nSPS) is 10.7. The summed E-state index contributed by atoms with van der Waals surface area (Å²) < 4.78 is 0. The highest BCUT2D eigenvalue weighted by Gasteiger charge is 2.10. The maximum absolute atomic E-state index is 11.4. The Labute approximate surface area is 121 Å². The van der Waals surface area contributed by atoms with Gasteiger partial charge in [-0.15, -0.1) is 0 Å². The molecule has 20 heavy (non-hydrogen) atoms. The predicted molar refractivity (Wildman–Crippen MR) is 79.5 cm³/mol. The minimum atomic E-state index is -0.567. The zero-order valence-electron chi connectivity index (χ0n) is 10.4. The van der Waals surface area contributed by atoms with E-state index in [2.05, 4.69) is 11.2 Å². The summed E-state index contributed by atoms with van der Waals surface area (Å²) in [6, 6.07) is 15.0. The van der Waals surface area contributed by atoms with Crippen LogP contribution >= 0.6 is 11.6 Å². The van der Waals surface area contributed by atoms with Gasteiger partial charge in [-0.05, 0) is 29.1 Å². The van der Waals surface area contributed by atoms with Crippen molar-refractivity contribution >= 4 is 28.3 Å². The minimum absolute atomic E-state index is 0.219. The zero-order chi connectivity index (χ0) is 14.1. The van der Waals surface area contributed by atoms with E-state index in [0.717, 1.165) is 16.5 Å². The van der Waals surface area contributed by atoms with Crippen LogP contribution in [0.25, 0.3) is 21.9 Å². The topological polar surface area (TPSA) is 56.0 Å². The molecule has 3 nitrogen and oxygen atoms in total. The van der Waals surface area contributed by atoms with Gasteiger partial charge in [0.25, 0.3) is 5.91 Å². The molecule has 0 aliphatic carbocycles. The molecule has 2 aromatic carbocycles. The SMILES string of the molecule is NC(=O)c1n[c]cc2ccc(-c3ccccc3Cl)cc12. The van der Waals surface area contributed by atoms with E-state index in [1.165, 1.54) is 0 Å². The Morgan fingerprint density at radius 3 is 2.75 bits per heavy atom. The van der Waals surface area contributed by atoms with Crippen LogP contribution in [0, 0.1) is 6.20 Å². The van der Waals surface area contributed by atoms with Crippen molar-refractivity contribution in [3.63, 3.8) is 0 Å². The van der Waals surface area contributed by atoms with Crippen LogP contribution in [0.15, 0.2) is 48.5 Å². The lowest BCUT2D eigenvalue weighted by Crippen LogP contribution is -2.13. The van der Waals surface area contributed by atoms with Crippen molar-refractivity contribution in [3.05, 3.63) is 65.4 Å². The highest BCUT2D eigenvalue weighted by Crippen LogP contribution is 2.30. The molecule has 97 valence electrons. The smallest absolute Gasteiger partial charge is 0.267 e. The van der Waals surface area contributed by atoms with Gasteiger partial charge >= 0.3 is 0 Å². The van der Waals surface area contributed by atoms with E-state index in [-0.39, 0.29) is 5.69 Å². The first-order valence-electron chi connectivity index (χ1n) is 6.02. The molecule has 0 saturated carbocycles. The largest absolute Gasteiger partial charge is 0.364 e. The van der Waals surface area contributed by atoms with Crippen molar-refractivity contribution in [1.29, 1.82) is 0 Å². The second-order valence-electron chi connectivity index (χ2n) is 4.38. The first kappa shape index (κ1) is 12.6. The quantitative estimate of drug-likeness (QED) is 0.782. The number of rotatable bonds is 2. The molecule has 3 aromatic rings. The molecular weight excluding hydrogens is 272 g/mol. The molecule has 0 spiro atoms. The number of carbonyl (C=O) groups is 1. The standard InChI is InChI=1S/C16H10ClN2O/c17-14-4-2-1-3-12(14)11-6-5-10-7-8-19-15(16(18)20)13(10)9-11/h1-7,9H,(H2,18,20). The minimum Gasteiger partial charge on any atom is -0.364 e. The molecule has 1 aromatic heterocycles. The third-order valence-corrected chi connectivity index (χ3v) is 3.45. The molecule has 1 amide bonds. The fourth-order valence-electron chi connectivity index (χ4n) is 2.16. The number of hydrogen-bond acceptors (Lipinski definition) is 2. The lowest BCUT2D eigenvalue weighted by atomic mass is 10.0. The maximum atomic E-state index is 11.4. The Morgan fingerprint density at radius 2 is 2.00 bits per heavy atom. The second kappa shape index (κ2) is 4.94. The molecule has 0 unspecified atom stereocenters. The summed E-state index contributed by atoms with van der Waals surface area (Å²) in [5.41, 5.74) is 7.39. The third kappa shape index (κ3) is 2.12. The number of nitrogens with zero attached hydrogens (tertiary/aromatic N) is 1. The first-order chi connectivity index (χ1) is 9.66. The molecule has 2 N–H and O–H groups in total. The first-order valence-corrected chi connectivity index (χ1v) is 6.40. The van der Waals surface area contributed by atoms with Crippen LogP contribution in [0.4, 0.5) is 0 Å². The van der Waals surface area contributed by atoms with E-state index in [4.69, 9.17) is 17.3 Å². The number of fused-ring (bicyclic) bond motifs is 1. The van der Waals surface area contributed by atoms with E-state index in [0.29, 0.717) is 10.4 Å². The summed E-state index contributed by atoms with van der Waals surface area (Å²) in [5.74, 6) is -0.567. The number of carbonyl (C=O) groups excluding carboxylic acids is 1. The van der Waals surface area contributed by atoms with E-state index in [1.54, 1.807) is 6.07 Å². The van der Waals surface area contributed by atoms with Gasteiger partial charge in [0.1, 0.15) is 5.69 Å². The van der Waals surface area contributed by atoms with Gasteiger partial charge in [-0.2, -0.15) is 0 Å². The highest BCUT2D eigenvalue weighted by molar-refractivity contribution is 6.33. The summed E-state index contributed by atoms with van der Waals surface area (Å²) in [4.78, 5) is 15.4. The van der Waals surface area contributed by atoms with Crippen molar-refractivity contribution in [2.45, 2.75) is 0 Å². The van der Waals surface area contributed by atoms with E-state index in [9.17, 15) is 4.79 Å². The van der Waals surface area contributed by atoms with Gasteiger partial charge in [-0.1, -0.05) is 41.9 Å². The molecule has 1 radical (unpaired) electrons. The molecule has 3 rings (SSSR count). The third-order valence-electron chi connectivity index (χ3n) is 3.12. The molecule has 1 heterocycles. The summed E-state index contributed by atoms with van der Waals surface area (Å²) in [5, 5.41) is 2.22. The van der Waals surface area contributed by atoms with E-state index in [1.807, 2.05) is 42.5 Å². The van der Waals surface area contributed by atoms with Gasteiger partial charge in [-0.25, -0.2) is 4.98 Å². The number of aromatic nitrogens is 1. The lowest BCUT2D eigenvalue weighted by Gasteiger charge is -2.07. The zero-order valence-corrected chi connectivity index (χ0v) is 11.2. The second-order valence-corrected chi connectivity index (χ2v) is 4.79. The summed E-state index contributed by atoms with van der Waals surface area (Å²) in [6.45, 7) is 0. The van der Waals surface area contributed by atoms with Crippen LogP contribution in [-0.2, 0) is 0 Å². The van der Waals surface area contributed by atoms with Crippen molar-refractivity contribution in [2.75, 3.05) is 0 Å². The van der Waals surface area contributed by atoms with Crippen LogP contribution in [0.2, 0.25) is 5.02 Å². The van der Waals surface area contributed by atoms with Gasteiger partial charge < -0.3 is 5.73 Å². The van der Waals surface area contributed by atoms with Crippen LogP contribution in [0.3, 0.4) is 0 Å². The number of pyridine rings is 1. The van der Waals surface area contributed by atoms with Crippen molar-refractivity contribution in [3.8, 4) is 11.1 Å². The Kier molecular flexibility index (Phi) is 3.12. The molecular formula is C16H10ClN2O. The van der Waals surface area contributed by atoms with Crippen LogP contribution in [0.1, 0.15) is 10.5 Å². The molecule has 0 aliphatic rings. The van der Waals surface area contributed by atoms with E-state index < -0.39 is 5.91 Å². The van der Waals surface area contributed by atoms with Gasteiger partial charge in [0.15, 0.2) is 0 Å². The number of halogens is 1. The van der Waals surface area contributed by atoms with Gasteiger partial charge in [0.2, 0.25) is 0 Å². The molecule has 0 aliphatic heterocycles. The lowest BCUT2D eigenvalue weighted by molar-refractivity contribution is 0.0997. The molecule has 0 fully saturated rings. The number of hydrogen-bond donors (Lipinski definition) is 1. The highest BCUT2D eigenvalue weighted by atomic mass is 35.5. The van der Waals surface area contributed by atoms with Gasteiger partial charge in [0.05, 0.1) is 6.20 Å². The summed E-state index contributed by atoms with van der Waals surface area (Å²) >= 11 is 6.20. The Bertz CT molecular complexity index is 814. The fourth-order valence-corrected chi connectivity index (χ4v) is 2.41. The number of benzene rings is 2. The summed E-state index contributed by atoms with van der Waals surface area (Å²) in [7, 11) is 0. The molecule has 4 heteroatoms. The van der Waals surface area contributed by atoms with Crippen molar-refractivity contribution in [1.82, 2.24) is 4.98 Å². The Morgan fingerprint density at radius 1 is 1.20 bits per heavy atom. The van der Waals surface area contributed by atoms with Crippen LogP contribution in [0.5, 0.6) is 0 Å². The van der Waals surface area contributed by atoms with Crippen LogP contribution in [-0.4, -0.2) is 10.9 Å². The van der Waals surface area contributed by atoms with Crippen LogP contribution < -0.4 is 5.73 Å². The Hall–Kier alpha value is -2.39. The molecule has 0 saturated heterocycles. The molecule has 0 bridgehead atoms. The van der Waals surface area contributed by atoms with E-state index >= 15 is 0 Å². The van der Waals surface area contributed by atoms with Gasteiger partial charge in [-0.3, -0.25) is 4.79 Å². The van der Waals surface area contributed by atoms with Crippen molar-refractivity contribution < 1.29 is 4.79 Å². The van der Waals surface area contributed by atoms with Gasteiger partial charge in [0, 0.05) is 16.0 Å². The average Bonchev–Trinajstić information content (AvgIpc) is 2.46. The average molecular weight is 282 g/mol. The maximum Gasteiger partial charge on any atom is 0.267 e. The van der Waals surface area contributed by atoms with Crippen molar-refractivity contribution in [2.24, 2.45) is 5.73 Å². The number of primary amides is 1. The fraction of sp³-hybridized carbons (Fsp3) is 0. The molecule has 0 atom stereocenters. The number of nitrogens with two attached hydrogens (primary N) is 1. The monoisotopic (exact) mass is 281 g/mol. The Balaban J connectivity index is 2.27.